The highest BCUT2D eigenvalue weighted by Gasteiger charge is 2.67. The average molecular weight is 469 g/mol. The highest BCUT2D eigenvalue weighted by Crippen LogP contribution is 2.45. The van der Waals surface area contributed by atoms with Gasteiger partial charge in [0.2, 0.25) is 0 Å². The van der Waals surface area contributed by atoms with Gasteiger partial charge >= 0.3 is 14.0 Å². The number of carbonyl (C=O) groups excluding carboxylic acids is 1. The predicted molar refractivity (Wildman–Crippen MR) is 113 cm³/mol. The normalized spacial score (nSPS) is 27.3. The second-order valence-electron chi connectivity index (χ2n) is 9.11. The van der Waals surface area contributed by atoms with Crippen LogP contribution in [0.1, 0.15) is 58.8 Å². The van der Waals surface area contributed by atoms with Gasteiger partial charge in [-0.25, -0.2) is 0 Å². The van der Waals surface area contributed by atoms with Crippen LogP contribution in [0, 0.1) is 0 Å². The summed E-state index contributed by atoms with van der Waals surface area (Å²) >= 11 is 3.39. The Bertz CT molecular complexity index is 826. The Balaban J connectivity index is 1.92. The van der Waals surface area contributed by atoms with Crippen molar-refractivity contribution < 1.29 is 33.3 Å². The molecule has 3 rings (SSSR count). The summed E-state index contributed by atoms with van der Waals surface area (Å²) in [4.78, 5) is 13.5. The molecule has 1 N–H and O–H groups in total. The minimum absolute atomic E-state index is 0.137. The number of ether oxygens (including phenoxy) is 1. The maximum absolute atomic E-state index is 13.5. The second kappa shape index (κ2) is 6.99. The number of ketones is 1. The van der Waals surface area contributed by atoms with E-state index in [-0.39, 0.29) is 22.8 Å². The third-order valence-electron chi connectivity index (χ3n) is 6.35. The molecule has 0 amide bonds. The van der Waals surface area contributed by atoms with E-state index in [1.165, 1.54) is 13.2 Å². The molecule has 158 valence electrons. The molecule has 1 aromatic carbocycles. The molecular formula is C19H27B2BrO7. The number of hydrogen-bond acceptors (Lipinski definition) is 7. The van der Waals surface area contributed by atoms with Gasteiger partial charge in [-0.05, 0) is 76.5 Å². The number of rotatable bonds is 4. The van der Waals surface area contributed by atoms with E-state index in [0.717, 1.165) is 0 Å². The van der Waals surface area contributed by atoms with Gasteiger partial charge < -0.3 is 28.5 Å². The van der Waals surface area contributed by atoms with Crippen molar-refractivity contribution >= 4 is 35.7 Å². The lowest BCUT2D eigenvalue weighted by Crippen LogP contribution is -2.51. The molecule has 2 saturated heterocycles. The average Bonchev–Trinajstić information content (AvgIpc) is 2.97. The van der Waals surface area contributed by atoms with Gasteiger partial charge in [-0.15, -0.1) is 0 Å². The molecule has 29 heavy (non-hydrogen) atoms. The van der Waals surface area contributed by atoms with Crippen molar-refractivity contribution in [1.82, 2.24) is 0 Å². The van der Waals surface area contributed by atoms with Gasteiger partial charge in [-0.1, -0.05) is 0 Å². The first-order valence-electron chi connectivity index (χ1n) is 9.48. The minimum Gasteiger partial charge on any atom is -0.504 e. The standard InChI is InChI=1S/C19H27B2BrO7/c1-16(2)17(3,4)27-20(26-16)21-28-18(5,6)19(7,29-21)15(24)11-9-13(23)14(25-8)10-12(11)22/h9-10,23H,1-8H3. The fourth-order valence-electron chi connectivity index (χ4n) is 3.38. The molecule has 0 saturated carbocycles. The van der Waals surface area contributed by atoms with Crippen molar-refractivity contribution in [3.05, 3.63) is 22.2 Å². The van der Waals surface area contributed by atoms with Gasteiger partial charge in [0.05, 0.1) is 23.9 Å². The Labute approximate surface area is 180 Å². The number of phenolic OH excluding ortho intramolecular Hbond substituents is 1. The predicted octanol–water partition coefficient (Wildman–Crippen LogP) is 3.59. The van der Waals surface area contributed by atoms with Crippen LogP contribution in [0.15, 0.2) is 16.6 Å². The quantitative estimate of drug-likeness (QED) is 0.534. The summed E-state index contributed by atoms with van der Waals surface area (Å²) in [7, 11) is -0.219. The lowest BCUT2D eigenvalue weighted by atomic mass is 9.49. The zero-order chi connectivity index (χ0) is 22.0. The number of aromatic hydroxyl groups is 1. The number of benzene rings is 1. The summed E-state index contributed by atoms with van der Waals surface area (Å²) in [6.07, 6.45) is 0. The Kier molecular flexibility index (Phi) is 5.45. The van der Waals surface area contributed by atoms with E-state index in [1.54, 1.807) is 26.8 Å². The monoisotopic (exact) mass is 468 g/mol. The molecule has 0 bridgehead atoms. The molecule has 1 unspecified atom stereocenters. The number of phenols is 1. The highest BCUT2D eigenvalue weighted by atomic mass is 79.9. The van der Waals surface area contributed by atoms with E-state index in [1.807, 2.05) is 27.7 Å². The first-order chi connectivity index (χ1) is 13.1. The second-order valence-corrected chi connectivity index (χ2v) is 9.96. The Morgan fingerprint density at radius 3 is 1.93 bits per heavy atom. The molecule has 1 atom stereocenters. The van der Waals surface area contributed by atoms with Crippen LogP contribution in [0.25, 0.3) is 0 Å². The third-order valence-corrected chi connectivity index (χ3v) is 7.01. The van der Waals surface area contributed by atoms with E-state index in [2.05, 4.69) is 15.9 Å². The zero-order valence-corrected chi connectivity index (χ0v) is 19.7. The molecule has 2 aliphatic rings. The van der Waals surface area contributed by atoms with E-state index in [0.29, 0.717) is 4.47 Å². The molecule has 0 aromatic heterocycles. The van der Waals surface area contributed by atoms with Crippen molar-refractivity contribution in [3.8, 4) is 11.5 Å². The fraction of sp³-hybridized carbons (Fsp3) is 0.632. The number of carbonyl (C=O) groups is 1. The van der Waals surface area contributed by atoms with Crippen LogP contribution in [0.3, 0.4) is 0 Å². The third kappa shape index (κ3) is 3.53. The molecule has 2 fully saturated rings. The van der Waals surface area contributed by atoms with Gasteiger partial charge in [-0.3, -0.25) is 4.79 Å². The lowest BCUT2D eigenvalue weighted by molar-refractivity contribution is 0.00213. The van der Waals surface area contributed by atoms with Gasteiger partial charge in [0.25, 0.3) is 0 Å². The number of Topliss-reactive ketones (excluding diaryl/α,β-unsaturated/α-hetero) is 1. The Morgan fingerprint density at radius 1 is 0.931 bits per heavy atom. The summed E-state index contributed by atoms with van der Waals surface area (Å²) in [6, 6.07) is 2.90. The molecule has 1 aromatic rings. The van der Waals surface area contributed by atoms with E-state index < -0.39 is 36.4 Å². The largest absolute Gasteiger partial charge is 0.504 e. The summed E-state index contributed by atoms with van der Waals surface area (Å²) < 4.78 is 29.9. The number of halogens is 1. The van der Waals surface area contributed by atoms with Crippen LogP contribution in [0.4, 0.5) is 0 Å². The van der Waals surface area contributed by atoms with Crippen molar-refractivity contribution in [1.29, 1.82) is 0 Å². The van der Waals surface area contributed by atoms with Crippen molar-refractivity contribution in [2.45, 2.75) is 70.9 Å². The van der Waals surface area contributed by atoms with E-state index in [4.69, 9.17) is 23.4 Å². The van der Waals surface area contributed by atoms with Crippen LogP contribution in [0.2, 0.25) is 0 Å². The smallest absolute Gasteiger partial charge is 0.489 e. The first-order valence-corrected chi connectivity index (χ1v) is 10.3. The molecule has 7 nitrogen and oxygen atoms in total. The number of methoxy groups -OCH3 is 1. The maximum Gasteiger partial charge on any atom is 0.489 e. The molecule has 10 heteroatoms. The van der Waals surface area contributed by atoms with Gasteiger partial charge in [-0.2, -0.15) is 0 Å². The zero-order valence-electron chi connectivity index (χ0n) is 18.1. The minimum atomic E-state index is -1.34. The van der Waals surface area contributed by atoms with Crippen LogP contribution in [0.5, 0.6) is 11.5 Å². The topological polar surface area (TPSA) is 83.5 Å². The van der Waals surface area contributed by atoms with Crippen LogP contribution < -0.4 is 4.74 Å². The van der Waals surface area contributed by atoms with Gasteiger partial charge in [0, 0.05) is 10.0 Å². The van der Waals surface area contributed by atoms with Crippen LogP contribution in [-0.4, -0.2) is 54.4 Å². The van der Waals surface area contributed by atoms with Gasteiger partial charge in [0.1, 0.15) is 5.60 Å². The summed E-state index contributed by atoms with van der Waals surface area (Å²) in [6.45, 7) is 13.0. The van der Waals surface area contributed by atoms with E-state index >= 15 is 0 Å². The Morgan fingerprint density at radius 2 is 1.41 bits per heavy atom. The molecule has 0 radical (unpaired) electrons. The van der Waals surface area contributed by atoms with Crippen LogP contribution in [-0.2, 0) is 18.6 Å². The van der Waals surface area contributed by atoms with E-state index in [9.17, 15) is 9.90 Å². The molecule has 2 heterocycles. The Hall–Kier alpha value is -1.06. The SMILES string of the molecule is COc1cc(Br)c(C(=O)C2(C)OB(B3OC(C)(C)C(C)(C)O3)OC2(C)C)cc1O. The van der Waals surface area contributed by atoms with Crippen molar-refractivity contribution in [2.75, 3.05) is 7.11 Å². The molecule has 0 aliphatic carbocycles. The lowest BCUT2D eigenvalue weighted by Gasteiger charge is -2.35. The maximum atomic E-state index is 13.5. The molecular weight excluding hydrogens is 442 g/mol. The molecule has 0 spiro atoms. The fourth-order valence-corrected chi connectivity index (χ4v) is 3.88. The first kappa shape index (κ1) is 22.6. The van der Waals surface area contributed by atoms with Crippen molar-refractivity contribution in [2.24, 2.45) is 0 Å². The van der Waals surface area contributed by atoms with Crippen molar-refractivity contribution in [3.63, 3.8) is 0 Å². The van der Waals surface area contributed by atoms with Crippen LogP contribution >= 0.6 is 15.9 Å². The highest BCUT2D eigenvalue weighted by molar-refractivity contribution is 9.10. The number of hydrogen-bond donors (Lipinski definition) is 1. The summed E-state index contributed by atoms with van der Waals surface area (Å²) in [5.41, 5.74) is -3.17. The summed E-state index contributed by atoms with van der Waals surface area (Å²) in [5, 5.41) is 10.2. The summed E-state index contributed by atoms with van der Waals surface area (Å²) in [5.74, 6) is -0.218. The van der Waals surface area contributed by atoms with Gasteiger partial charge in [0.15, 0.2) is 17.3 Å². The molecule has 2 aliphatic heterocycles.